The standard InChI is InChI=1S/C15H14N6OS/c1-2-5-11-10(4-1)17-13(18-11)6-3-8-16-15-20-19-14(23-15)12-7-9-22-21-12/h1-2,4-5,7,9H,3,6,8H2,(H,16,20)(H,17,18). The van der Waals surface area contributed by atoms with Gasteiger partial charge in [0, 0.05) is 19.0 Å². The molecule has 0 unspecified atom stereocenters. The van der Waals surface area contributed by atoms with Crippen molar-refractivity contribution < 1.29 is 4.52 Å². The summed E-state index contributed by atoms with van der Waals surface area (Å²) in [4.78, 5) is 7.90. The molecule has 3 heterocycles. The maximum Gasteiger partial charge on any atom is 0.206 e. The predicted molar refractivity (Wildman–Crippen MR) is 88.3 cm³/mol. The lowest BCUT2D eigenvalue weighted by molar-refractivity contribution is 0.422. The summed E-state index contributed by atoms with van der Waals surface area (Å²) in [7, 11) is 0. The fourth-order valence-electron chi connectivity index (χ4n) is 2.30. The molecular weight excluding hydrogens is 312 g/mol. The van der Waals surface area contributed by atoms with E-state index < -0.39 is 0 Å². The van der Waals surface area contributed by atoms with E-state index in [1.807, 2.05) is 24.3 Å². The molecule has 0 saturated carbocycles. The summed E-state index contributed by atoms with van der Waals surface area (Å²) in [5.74, 6) is 1.01. The number of aromatic amines is 1. The lowest BCUT2D eigenvalue weighted by Crippen LogP contribution is -2.03. The van der Waals surface area contributed by atoms with Crippen LogP contribution in [-0.4, -0.2) is 31.9 Å². The number of anilines is 1. The first kappa shape index (κ1) is 13.9. The summed E-state index contributed by atoms with van der Waals surface area (Å²) >= 11 is 1.46. The smallest absolute Gasteiger partial charge is 0.206 e. The normalized spacial score (nSPS) is 11.1. The highest BCUT2D eigenvalue weighted by atomic mass is 32.1. The van der Waals surface area contributed by atoms with Crippen LogP contribution in [0.1, 0.15) is 12.2 Å². The Balaban J connectivity index is 1.30. The third kappa shape index (κ3) is 3.07. The van der Waals surface area contributed by atoms with Crippen LogP contribution in [0.3, 0.4) is 0 Å². The molecule has 0 bridgehead atoms. The third-order valence-electron chi connectivity index (χ3n) is 3.39. The highest BCUT2D eigenvalue weighted by molar-refractivity contribution is 7.18. The maximum atomic E-state index is 4.81. The van der Waals surface area contributed by atoms with Crippen LogP contribution in [-0.2, 0) is 6.42 Å². The molecule has 0 amide bonds. The molecule has 7 nitrogen and oxygen atoms in total. The average Bonchev–Trinajstić information content (AvgIpc) is 3.30. The van der Waals surface area contributed by atoms with Gasteiger partial charge >= 0.3 is 0 Å². The van der Waals surface area contributed by atoms with Crippen molar-refractivity contribution in [1.82, 2.24) is 25.3 Å². The van der Waals surface area contributed by atoms with Crippen LogP contribution >= 0.6 is 11.3 Å². The number of aryl methyl sites for hydroxylation is 1. The van der Waals surface area contributed by atoms with Crippen molar-refractivity contribution in [2.24, 2.45) is 0 Å². The van der Waals surface area contributed by atoms with Gasteiger partial charge in [-0.2, -0.15) is 0 Å². The molecule has 0 saturated heterocycles. The number of nitrogens with one attached hydrogen (secondary N) is 2. The highest BCUT2D eigenvalue weighted by Gasteiger charge is 2.08. The first-order valence-electron chi connectivity index (χ1n) is 7.30. The van der Waals surface area contributed by atoms with Crippen LogP contribution in [0.5, 0.6) is 0 Å². The molecule has 0 fully saturated rings. The second-order valence-electron chi connectivity index (χ2n) is 5.03. The van der Waals surface area contributed by atoms with Crippen LogP contribution in [0.25, 0.3) is 21.7 Å². The lowest BCUT2D eigenvalue weighted by atomic mass is 10.3. The van der Waals surface area contributed by atoms with E-state index in [1.165, 1.54) is 17.6 Å². The minimum absolute atomic E-state index is 0.706. The molecular formula is C15H14N6OS. The first-order valence-corrected chi connectivity index (χ1v) is 8.12. The molecule has 1 aromatic carbocycles. The second kappa shape index (κ2) is 6.17. The van der Waals surface area contributed by atoms with Gasteiger partial charge in [0.1, 0.15) is 17.8 Å². The summed E-state index contributed by atoms with van der Waals surface area (Å²) in [6, 6.07) is 9.83. The number of hydrogen-bond acceptors (Lipinski definition) is 7. The minimum Gasteiger partial charge on any atom is -0.364 e. The maximum absolute atomic E-state index is 4.81. The monoisotopic (exact) mass is 326 g/mol. The van der Waals surface area contributed by atoms with E-state index in [2.05, 4.69) is 30.6 Å². The Labute approximate surface area is 135 Å². The fourth-order valence-corrected chi connectivity index (χ4v) is 3.03. The van der Waals surface area contributed by atoms with Gasteiger partial charge < -0.3 is 14.8 Å². The number of nitrogens with zero attached hydrogens (tertiary/aromatic N) is 4. The Morgan fingerprint density at radius 3 is 3.00 bits per heavy atom. The van der Waals surface area contributed by atoms with Gasteiger partial charge in [0.25, 0.3) is 0 Å². The number of fused-ring (bicyclic) bond motifs is 1. The average molecular weight is 326 g/mol. The number of rotatable bonds is 6. The van der Waals surface area contributed by atoms with Gasteiger partial charge in [-0.05, 0) is 18.6 Å². The van der Waals surface area contributed by atoms with E-state index >= 15 is 0 Å². The molecule has 0 aliphatic rings. The molecule has 8 heteroatoms. The van der Waals surface area contributed by atoms with E-state index in [4.69, 9.17) is 4.52 Å². The molecule has 4 aromatic rings. The van der Waals surface area contributed by atoms with E-state index in [1.54, 1.807) is 6.07 Å². The Bertz CT molecular complexity index is 865. The molecule has 2 N–H and O–H groups in total. The zero-order valence-corrected chi connectivity index (χ0v) is 13.0. The summed E-state index contributed by atoms with van der Waals surface area (Å²) in [5, 5.41) is 16.9. The Hall–Kier alpha value is -2.74. The van der Waals surface area contributed by atoms with Crippen molar-refractivity contribution in [3.05, 3.63) is 42.4 Å². The van der Waals surface area contributed by atoms with Crippen molar-refractivity contribution >= 4 is 27.5 Å². The minimum atomic E-state index is 0.706. The van der Waals surface area contributed by atoms with E-state index in [-0.39, 0.29) is 0 Å². The largest absolute Gasteiger partial charge is 0.364 e. The third-order valence-corrected chi connectivity index (χ3v) is 4.29. The number of hydrogen-bond donors (Lipinski definition) is 2. The Morgan fingerprint density at radius 2 is 2.13 bits per heavy atom. The summed E-state index contributed by atoms with van der Waals surface area (Å²) in [6.45, 7) is 0.810. The van der Waals surface area contributed by atoms with Gasteiger partial charge in [0.05, 0.1) is 11.0 Å². The first-order chi connectivity index (χ1) is 11.4. The number of H-pyrrole nitrogens is 1. The second-order valence-corrected chi connectivity index (χ2v) is 6.01. The molecule has 4 rings (SSSR count). The summed E-state index contributed by atoms with van der Waals surface area (Å²) in [6.07, 6.45) is 3.37. The van der Waals surface area contributed by atoms with Gasteiger partial charge in [0.2, 0.25) is 5.13 Å². The lowest BCUT2D eigenvalue weighted by Gasteiger charge is -1.99. The Kier molecular flexibility index (Phi) is 3.73. The van der Waals surface area contributed by atoms with Gasteiger partial charge in [-0.25, -0.2) is 4.98 Å². The van der Waals surface area contributed by atoms with Gasteiger partial charge in [0.15, 0.2) is 5.01 Å². The fraction of sp³-hybridized carbons (Fsp3) is 0.200. The number of para-hydroxylation sites is 2. The van der Waals surface area contributed by atoms with Gasteiger partial charge in [-0.15, -0.1) is 10.2 Å². The van der Waals surface area contributed by atoms with Crippen LogP contribution in [0, 0.1) is 0 Å². The van der Waals surface area contributed by atoms with Crippen LogP contribution in [0.15, 0.2) is 41.1 Å². The Morgan fingerprint density at radius 1 is 1.17 bits per heavy atom. The van der Waals surface area contributed by atoms with Crippen LogP contribution in [0.2, 0.25) is 0 Å². The molecule has 0 aliphatic heterocycles. The predicted octanol–water partition coefficient (Wildman–Crippen LogP) is 3.11. The van der Waals surface area contributed by atoms with Crippen molar-refractivity contribution in [2.45, 2.75) is 12.8 Å². The quantitative estimate of drug-likeness (QED) is 0.529. The molecule has 23 heavy (non-hydrogen) atoms. The highest BCUT2D eigenvalue weighted by Crippen LogP contribution is 2.24. The molecule has 0 atom stereocenters. The van der Waals surface area contributed by atoms with Gasteiger partial charge in [-0.1, -0.05) is 28.6 Å². The molecule has 0 spiro atoms. The SMILES string of the molecule is c1ccc2[nH]c(CCCNc3nnc(-c4ccon4)s3)nc2c1. The van der Waals surface area contributed by atoms with Crippen molar-refractivity contribution in [3.8, 4) is 10.7 Å². The molecule has 0 radical (unpaired) electrons. The zero-order valence-electron chi connectivity index (χ0n) is 12.2. The van der Waals surface area contributed by atoms with Crippen molar-refractivity contribution in [1.29, 1.82) is 0 Å². The topological polar surface area (TPSA) is 92.5 Å². The van der Waals surface area contributed by atoms with Crippen molar-refractivity contribution in [2.75, 3.05) is 11.9 Å². The number of benzene rings is 1. The number of imidazole rings is 1. The van der Waals surface area contributed by atoms with E-state index in [0.717, 1.165) is 46.4 Å². The summed E-state index contributed by atoms with van der Waals surface area (Å²) in [5.41, 5.74) is 2.80. The molecule has 116 valence electrons. The number of aromatic nitrogens is 5. The van der Waals surface area contributed by atoms with E-state index in [0.29, 0.717) is 5.69 Å². The van der Waals surface area contributed by atoms with E-state index in [9.17, 15) is 0 Å². The van der Waals surface area contributed by atoms with Crippen LogP contribution < -0.4 is 5.32 Å². The summed E-state index contributed by atoms with van der Waals surface area (Å²) < 4.78 is 4.81. The van der Waals surface area contributed by atoms with Gasteiger partial charge in [-0.3, -0.25) is 0 Å². The molecule has 3 aromatic heterocycles. The molecule has 0 aliphatic carbocycles. The zero-order chi connectivity index (χ0) is 15.5. The van der Waals surface area contributed by atoms with Crippen molar-refractivity contribution in [3.63, 3.8) is 0 Å². The van der Waals surface area contributed by atoms with Crippen LogP contribution in [0.4, 0.5) is 5.13 Å².